The normalized spacial score (nSPS) is 12.1. The van der Waals surface area contributed by atoms with E-state index in [1.165, 1.54) is 0 Å². The quantitative estimate of drug-likeness (QED) is 0.442. The van der Waals surface area contributed by atoms with Crippen molar-refractivity contribution in [2.45, 2.75) is 44.6 Å². The monoisotopic (exact) mass is 214 g/mol. The lowest BCUT2D eigenvalue weighted by Gasteiger charge is -2.07. The van der Waals surface area contributed by atoms with E-state index in [-0.39, 0.29) is 11.9 Å². The summed E-state index contributed by atoms with van der Waals surface area (Å²) in [5, 5.41) is 5.53. The van der Waals surface area contributed by atoms with E-state index < -0.39 is 0 Å². The zero-order valence-corrected chi connectivity index (χ0v) is 9.71. The van der Waals surface area contributed by atoms with Crippen LogP contribution in [-0.4, -0.2) is 32.3 Å². The van der Waals surface area contributed by atoms with Crippen LogP contribution in [0.25, 0.3) is 0 Å². The fourth-order valence-corrected chi connectivity index (χ4v) is 1.41. The zero-order valence-electron chi connectivity index (χ0n) is 9.71. The van der Waals surface area contributed by atoms with Crippen LogP contribution in [0.4, 0.5) is 0 Å². The van der Waals surface area contributed by atoms with Crippen LogP contribution in [0.1, 0.15) is 38.5 Å². The molecule has 2 N–H and O–H groups in total. The first-order valence-electron chi connectivity index (χ1n) is 5.57. The molecule has 0 rings (SSSR count). The minimum atomic E-state index is -0.0102. The van der Waals surface area contributed by atoms with Crippen LogP contribution >= 0.6 is 0 Å². The number of hydrogen-bond acceptors (Lipinski definition) is 3. The average Bonchev–Trinajstić information content (AvgIpc) is 2.28. The average molecular weight is 214 g/mol. The van der Waals surface area contributed by atoms with E-state index in [0.29, 0.717) is 6.42 Å². The van der Waals surface area contributed by atoms with Gasteiger partial charge >= 0.3 is 0 Å². The maximum Gasteiger partial charge on any atom is 0.219 e. The summed E-state index contributed by atoms with van der Waals surface area (Å²) in [7, 11) is 3.45. The molecule has 0 spiro atoms. The van der Waals surface area contributed by atoms with Crippen molar-refractivity contribution in [3.8, 4) is 0 Å². The second-order valence-electron chi connectivity index (χ2n) is 3.66. The molecule has 0 saturated carbocycles. The summed E-state index contributed by atoms with van der Waals surface area (Å²) in [5.74, 6) is 0.107. The van der Waals surface area contributed by atoms with Crippen molar-refractivity contribution < 1.29 is 9.59 Å². The lowest BCUT2D eigenvalue weighted by atomic mass is 10.1. The van der Waals surface area contributed by atoms with Crippen LogP contribution in [0.3, 0.4) is 0 Å². The maximum atomic E-state index is 10.9. The number of nitrogens with one attached hydrogen (secondary N) is 2. The number of carbonyl (C=O) groups excluding carboxylic acids is 2. The third-order valence-corrected chi connectivity index (χ3v) is 2.48. The SMILES string of the molecule is CNC(=O)CCCCCC[C@@H](C=O)NC. The highest BCUT2D eigenvalue weighted by molar-refractivity contribution is 5.75. The third kappa shape index (κ3) is 8.12. The Kier molecular flexibility index (Phi) is 9.07. The molecule has 4 nitrogen and oxygen atoms in total. The number of hydrogen-bond donors (Lipinski definition) is 2. The molecule has 15 heavy (non-hydrogen) atoms. The molecule has 0 heterocycles. The number of rotatable bonds is 9. The van der Waals surface area contributed by atoms with Gasteiger partial charge in [0.25, 0.3) is 0 Å². The molecule has 0 saturated heterocycles. The summed E-state index contributed by atoms with van der Waals surface area (Å²) in [6.07, 6.45) is 6.57. The highest BCUT2D eigenvalue weighted by atomic mass is 16.1. The van der Waals surface area contributed by atoms with Gasteiger partial charge in [0.1, 0.15) is 6.29 Å². The Balaban J connectivity index is 3.24. The highest BCUT2D eigenvalue weighted by Gasteiger charge is 2.02. The topological polar surface area (TPSA) is 58.2 Å². The molecule has 88 valence electrons. The summed E-state index contributed by atoms with van der Waals surface area (Å²) in [6.45, 7) is 0. The van der Waals surface area contributed by atoms with Crippen molar-refractivity contribution in [3.05, 3.63) is 0 Å². The van der Waals surface area contributed by atoms with Crippen LogP contribution in [0.2, 0.25) is 0 Å². The first-order chi connectivity index (χ1) is 7.24. The van der Waals surface area contributed by atoms with Gasteiger partial charge in [-0.15, -0.1) is 0 Å². The molecule has 0 bridgehead atoms. The van der Waals surface area contributed by atoms with E-state index in [4.69, 9.17) is 0 Å². The van der Waals surface area contributed by atoms with E-state index in [0.717, 1.165) is 38.4 Å². The van der Waals surface area contributed by atoms with Crippen LogP contribution in [0.15, 0.2) is 0 Å². The summed E-state index contributed by atoms with van der Waals surface area (Å²) >= 11 is 0. The highest BCUT2D eigenvalue weighted by Crippen LogP contribution is 2.06. The van der Waals surface area contributed by atoms with Crippen molar-refractivity contribution in [2.24, 2.45) is 0 Å². The molecule has 0 unspecified atom stereocenters. The Morgan fingerprint density at radius 3 is 2.40 bits per heavy atom. The molecular weight excluding hydrogens is 192 g/mol. The fourth-order valence-electron chi connectivity index (χ4n) is 1.41. The second kappa shape index (κ2) is 9.65. The third-order valence-electron chi connectivity index (χ3n) is 2.48. The van der Waals surface area contributed by atoms with Gasteiger partial charge < -0.3 is 15.4 Å². The molecule has 0 aliphatic rings. The van der Waals surface area contributed by atoms with Crippen LogP contribution < -0.4 is 10.6 Å². The number of carbonyl (C=O) groups is 2. The van der Waals surface area contributed by atoms with Gasteiger partial charge in [-0.2, -0.15) is 0 Å². The zero-order chi connectivity index (χ0) is 11.5. The van der Waals surface area contributed by atoms with Crippen molar-refractivity contribution >= 4 is 12.2 Å². The molecule has 4 heteroatoms. The molecule has 0 aliphatic heterocycles. The molecule has 0 radical (unpaired) electrons. The van der Waals surface area contributed by atoms with Gasteiger partial charge in [0.05, 0.1) is 6.04 Å². The van der Waals surface area contributed by atoms with Gasteiger partial charge in [0.15, 0.2) is 0 Å². The molecular formula is C11H22N2O2. The maximum absolute atomic E-state index is 10.9. The lowest BCUT2D eigenvalue weighted by Crippen LogP contribution is -2.26. The Bertz CT molecular complexity index is 183. The molecule has 0 aromatic carbocycles. The molecule has 0 aromatic heterocycles. The fraction of sp³-hybridized carbons (Fsp3) is 0.818. The van der Waals surface area contributed by atoms with Gasteiger partial charge in [-0.05, 0) is 19.9 Å². The largest absolute Gasteiger partial charge is 0.359 e. The van der Waals surface area contributed by atoms with E-state index >= 15 is 0 Å². The van der Waals surface area contributed by atoms with Gasteiger partial charge in [-0.25, -0.2) is 0 Å². The summed E-state index contributed by atoms with van der Waals surface area (Å²) in [6, 6.07) is -0.0102. The van der Waals surface area contributed by atoms with E-state index in [2.05, 4.69) is 10.6 Å². The van der Waals surface area contributed by atoms with Crippen LogP contribution in [-0.2, 0) is 9.59 Å². The molecule has 1 atom stereocenters. The molecule has 1 amide bonds. The minimum absolute atomic E-state index is 0.0102. The standard InChI is InChI=1S/C11H22N2O2/c1-12-10(9-14)7-5-3-4-6-8-11(15)13-2/h9-10,12H,3-8H2,1-2H3,(H,13,15)/t10-/m0/s1. The number of amides is 1. The first-order valence-corrected chi connectivity index (χ1v) is 5.57. The summed E-state index contributed by atoms with van der Waals surface area (Å²) in [4.78, 5) is 21.3. The second-order valence-corrected chi connectivity index (χ2v) is 3.66. The Morgan fingerprint density at radius 2 is 1.87 bits per heavy atom. The van der Waals surface area contributed by atoms with Crippen molar-refractivity contribution in [1.29, 1.82) is 0 Å². The van der Waals surface area contributed by atoms with E-state index in [1.54, 1.807) is 14.1 Å². The first kappa shape index (κ1) is 14.1. The smallest absolute Gasteiger partial charge is 0.219 e. The van der Waals surface area contributed by atoms with Crippen LogP contribution in [0.5, 0.6) is 0 Å². The number of aldehydes is 1. The molecule has 0 aromatic rings. The van der Waals surface area contributed by atoms with Gasteiger partial charge in [0, 0.05) is 13.5 Å². The van der Waals surface area contributed by atoms with Gasteiger partial charge in [-0.1, -0.05) is 19.3 Å². The predicted octanol–water partition coefficient (Wildman–Crippen LogP) is 0.860. The van der Waals surface area contributed by atoms with Gasteiger partial charge in [-0.3, -0.25) is 4.79 Å². The van der Waals surface area contributed by atoms with Crippen molar-refractivity contribution in [2.75, 3.05) is 14.1 Å². The van der Waals surface area contributed by atoms with Crippen LogP contribution in [0, 0.1) is 0 Å². The predicted molar refractivity (Wildman–Crippen MR) is 60.7 cm³/mol. The summed E-state index contributed by atoms with van der Waals surface area (Å²) < 4.78 is 0. The van der Waals surface area contributed by atoms with Crippen molar-refractivity contribution in [1.82, 2.24) is 10.6 Å². The Morgan fingerprint density at radius 1 is 1.20 bits per heavy atom. The Hall–Kier alpha value is -0.900. The molecule has 0 fully saturated rings. The minimum Gasteiger partial charge on any atom is -0.359 e. The summed E-state index contributed by atoms with van der Waals surface area (Å²) in [5.41, 5.74) is 0. The van der Waals surface area contributed by atoms with Gasteiger partial charge in [0.2, 0.25) is 5.91 Å². The van der Waals surface area contributed by atoms with E-state index in [1.807, 2.05) is 0 Å². The lowest BCUT2D eigenvalue weighted by molar-refractivity contribution is -0.120. The van der Waals surface area contributed by atoms with E-state index in [9.17, 15) is 9.59 Å². The Labute approximate surface area is 91.8 Å². The molecule has 0 aliphatic carbocycles. The van der Waals surface area contributed by atoms with Crippen molar-refractivity contribution in [3.63, 3.8) is 0 Å². The number of likely N-dealkylation sites (N-methyl/N-ethyl adjacent to an activating group) is 1. The number of unbranched alkanes of at least 4 members (excludes halogenated alkanes) is 3.